The molecule has 0 spiro atoms. The second kappa shape index (κ2) is 8.05. The van der Waals surface area contributed by atoms with Crippen LogP contribution < -0.4 is 10.6 Å². The fourth-order valence-electron chi connectivity index (χ4n) is 2.95. The van der Waals surface area contributed by atoms with E-state index in [9.17, 15) is 9.59 Å². The molecular formula is C23H23N3O2. The molecule has 0 saturated heterocycles. The van der Waals surface area contributed by atoms with Crippen LogP contribution in [0.4, 0.5) is 11.4 Å². The second-order valence-electron chi connectivity index (χ2n) is 6.92. The third-order valence-corrected chi connectivity index (χ3v) is 4.62. The van der Waals surface area contributed by atoms with Crippen molar-refractivity contribution in [2.24, 2.45) is 0 Å². The molecule has 0 saturated carbocycles. The maximum absolute atomic E-state index is 12.7. The number of benzene rings is 2. The summed E-state index contributed by atoms with van der Waals surface area (Å²) >= 11 is 0. The van der Waals surface area contributed by atoms with Gasteiger partial charge in [0, 0.05) is 23.1 Å². The molecule has 0 aliphatic rings. The summed E-state index contributed by atoms with van der Waals surface area (Å²) in [4.78, 5) is 29.4. The minimum atomic E-state index is -0.351. The van der Waals surface area contributed by atoms with Crippen molar-refractivity contribution in [3.8, 4) is 0 Å². The lowest BCUT2D eigenvalue weighted by Crippen LogP contribution is -2.18. The van der Waals surface area contributed by atoms with Crippen LogP contribution in [0.5, 0.6) is 0 Å². The molecule has 28 heavy (non-hydrogen) atoms. The van der Waals surface area contributed by atoms with Gasteiger partial charge in [0.25, 0.3) is 11.8 Å². The Morgan fingerprint density at radius 1 is 0.786 bits per heavy atom. The van der Waals surface area contributed by atoms with Gasteiger partial charge in [0.15, 0.2) is 0 Å². The molecule has 0 fully saturated rings. The van der Waals surface area contributed by atoms with Crippen LogP contribution in [0.15, 0.2) is 54.7 Å². The number of hydrogen-bond acceptors (Lipinski definition) is 3. The van der Waals surface area contributed by atoms with Crippen LogP contribution in [0.3, 0.4) is 0 Å². The molecule has 2 amide bonds. The standard InChI is InChI=1S/C23H23N3O2/c1-14-8-9-15(2)19(12-14)25-23(28)20-13-18(10-11-24-20)22(27)26-21-16(3)6-5-7-17(21)4/h5-13H,1-4H3,(H,25,28)(H,26,27). The van der Waals surface area contributed by atoms with E-state index in [2.05, 4.69) is 15.6 Å². The Kier molecular flexibility index (Phi) is 5.54. The van der Waals surface area contributed by atoms with Crippen molar-refractivity contribution in [3.63, 3.8) is 0 Å². The van der Waals surface area contributed by atoms with E-state index in [0.717, 1.165) is 33.6 Å². The number of rotatable bonds is 4. The lowest BCUT2D eigenvalue weighted by atomic mass is 10.1. The summed E-state index contributed by atoms with van der Waals surface area (Å²) in [7, 11) is 0. The Bertz CT molecular complexity index is 1040. The number of aryl methyl sites for hydroxylation is 4. The quantitative estimate of drug-likeness (QED) is 0.689. The van der Waals surface area contributed by atoms with E-state index in [0.29, 0.717) is 5.56 Å². The van der Waals surface area contributed by atoms with Gasteiger partial charge in [0.05, 0.1) is 0 Å². The van der Waals surface area contributed by atoms with Crippen LogP contribution in [0.2, 0.25) is 0 Å². The Balaban J connectivity index is 1.80. The van der Waals surface area contributed by atoms with Crippen molar-refractivity contribution in [2.75, 3.05) is 10.6 Å². The van der Waals surface area contributed by atoms with Gasteiger partial charge in [0.2, 0.25) is 0 Å². The summed E-state index contributed by atoms with van der Waals surface area (Å²) in [6.45, 7) is 7.78. The first-order valence-corrected chi connectivity index (χ1v) is 9.07. The SMILES string of the molecule is Cc1ccc(C)c(NC(=O)c2cc(C(=O)Nc3c(C)cccc3C)ccn2)c1. The van der Waals surface area contributed by atoms with Crippen LogP contribution >= 0.6 is 0 Å². The van der Waals surface area contributed by atoms with Gasteiger partial charge in [-0.05, 0) is 68.1 Å². The topological polar surface area (TPSA) is 71.1 Å². The van der Waals surface area contributed by atoms with Crippen LogP contribution in [0, 0.1) is 27.7 Å². The number of carbonyl (C=O) groups excluding carboxylic acids is 2. The van der Waals surface area contributed by atoms with E-state index >= 15 is 0 Å². The first-order chi connectivity index (χ1) is 13.3. The van der Waals surface area contributed by atoms with Crippen LogP contribution in [0.25, 0.3) is 0 Å². The second-order valence-corrected chi connectivity index (χ2v) is 6.92. The van der Waals surface area contributed by atoms with Crippen LogP contribution in [-0.4, -0.2) is 16.8 Å². The summed E-state index contributed by atoms with van der Waals surface area (Å²) < 4.78 is 0. The van der Waals surface area contributed by atoms with E-state index in [-0.39, 0.29) is 17.5 Å². The minimum Gasteiger partial charge on any atom is -0.322 e. The van der Waals surface area contributed by atoms with E-state index in [1.807, 2.05) is 64.1 Å². The first kappa shape index (κ1) is 19.3. The number of para-hydroxylation sites is 1. The van der Waals surface area contributed by atoms with E-state index < -0.39 is 0 Å². The third kappa shape index (κ3) is 4.26. The number of amides is 2. The van der Waals surface area contributed by atoms with Gasteiger partial charge in [0.1, 0.15) is 5.69 Å². The average molecular weight is 373 g/mol. The molecule has 0 bridgehead atoms. The Labute approximate surface area is 164 Å². The average Bonchev–Trinajstić information content (AvgIpc) is 2.67. The zero-order valence-corrected chi connectivity index (χ0v) is 16.5. The minimum absolute atomic E-state index is 0.190. The van der Waals surface area contributed by atoms with E-state index in [4.69, 9.17) is 0 Å². The molecule has 0 atom stereocenters. The van der Waals surface area contributed by atoms with Gasteiger partial charge in [-0.3, -0.25) is 14.6 Å². The van der Waals surface area contributed by atoms with Gasteiger partial charge in [-0.25, -0.2) is 0 Å². The van der Waals surface area contributed by atoms with E-state index in [1.165, 1.54) is 12.3 Å². The lowest BCUT2D eigenvalue weighted by molar-refractivity contribution is 0.102. The van der Waals surface area contributed by atoms with Crippen molar-refractivity contribution < 1.29 is 9.59 Å². The molecule has 0 unspecified atom stereocenters. The monoisotopic (exact) mass is 373 g/mol. The Morgan fingerprint density at radius 2 is 1.50 bits per heavy atom. The zero-order valence-electron chi connectivity index (χ0n) is 16.5. The van der Waals surface area contributed by atoms with E-state index in [1.54, 1.807) is 6.07 Å². The van der Waals surface area contributed by atoms with Gasteiger partial charge in [-0.15, -0.1) is 0 Å². The summed E-state index contributed by atoms with van der Waals surface area (Å²) in [5.74, 6) is -0.629. The molecular weight excluding hydrogens is 350 g/mol. The molecule has 2 aromatic carbocycles. The fraction of sp³-hybridized carbons (Fsp3) is 0.174. The number of nitrogens with one attached hydrogen (secondary N) is 2. The smallest absolute Gasteiger partial charge is 0.274 e. The van der Waals surface area contributed by atoms with Gasteiger partial charge < -0.3 is 10.6 Å². The highest BCUT2D eigenvalue weighted by Gasteiger charge is 2.14. The Hall–Kier alpha value is -3.47. The van der Waals surface area contributed by atoms with Crippen molar-refractivity contribution in [1.82, 2.24) is 4.98 Å². The summed E-state index contributed by atoms with van der Waals surface area (Å²) in [6, 6.07) is 14.8. The molecule has 5 heteroatoms. The predicted molar refractivity (Wildman–Crippen MR) is 112 cm³/mol. The Morgan fingerprint density at radius 3 is 2.21 bits per heavy atom. The maximum atomic E-state index is 12.7. The number of anilines is 2. The molecule has 0 radical (unpaired) electrons. The zero-order chi connectivity index (χ0) is 20.3. The number of nitrogens with zero attached hydrogens (tertiary/aromatic N) is 1. The van der Waals surface area contributed by atoms with Gasteiger partial charge in [-0.2, -0.15) is 0 Å². The fourth-order valence-corrected chi connectivity index (χ4v) is 2.95. The van der Waals surface area contributed by atoms with Crippen LogP contribution in [0.1, 0.15) is 43.1 Å². The molecule has 1 heterocycles. The highest BCUT2D eigenvalue weighted by Crippen LogP contribution is 2.21. The first-order valence-electron chi connectivity index (χ1n) is 9.07. The normalized spacial score (nSPS) is 10.4. The van der Waals surface area contributed by atoms with Crippen molar-refractivity contribution in [1.29, 1.82) is 0 Å². The van der Waals surface area contributed by atoms with Crippen molar-refractivity contribution in [3.05, 3.63) is 88.2 Å². The molecule has 3 aromatic rings. The highest BCUT2D eigenvalue weighted by atomic mass is 16.2. The predicted octanol–water partition coefficient (Wildman–Crippen LogP) is 4.82. The summed E-state index contributed by atoms with van der Waals surface area (Å²) in [5.41, 5.74) is 6.06. The van der Waals surface area contributed by atoms with Crippen molar-refractivity contribution in [2.45, 2.75) is 27.7 Å². The highest BCUT2D eigenvalue weighted by molar-refractivity contribution is 6.08. The number of pyridine rings is 1. The molecule has 5 nitrogen and oxygen atoms in total. The lowest BCUT2D eigenvalue weighted by Gasteiger charge is -2.12. The van der Waals surface area contributed by atoms with Gasteiger partial charge >= 0.3 is 0 Å². The molecule has 1 aromatic heterocycles. The summed E-state index contributed by atoms with van der Waals surface area (Å²) in [6.07, 6.45) is 1.47. The molecule has 142 valence electrons. The third-order valence-electron chi connectivity index (χ3n) is 4.62. The largest absolute Gasteiger partial charge is 0.322 e. The molecule has 3 rings (SSSR count). The summed E-state index contributed by atoms with van der Waals surface area (Å²) in [5, 5.41) is 5.80. The molecule has 0 aliphatic heterocycles. The number of carbonyl (C=O) groups is 2. The number of aromatic nitrogens is 1. The molecule has 2 N–H and O–H groups in total. The molecule has 0 aliphatic carbocycles. The maximum Gasteiger partial charge on any atom is 0.274 e. The van der Waals surface area contributed by atoms with Crippen molar-refractivity contribution >= 4 is 23.2 Å². The van der Waals surface area contributed by atoms with Gasteiger partial charge in [-0.1, -0.05) is 30.3 Å². The van der Waals surface area contributed by atoms with Crippen LogP contribution in [-0.2, 0) is 0 Å². The number of hydrogen-bond donors (Lipinski definition) is 2.